The predicted octanol–water partition coefficient (Wildman–Crippen LogP) is 1.61. The van der Waals surface area contributed by atoms with Crippen molar-refractivity contribution >= 4 is 11.8 Å². The molecule has 0 aromatic rings. The number of ketones is 1. The van der Waals surface area contributed by atoms with Gasteiger partial charge in [0.2, 0.25) is 0 Å². The highest BCUT2D eigenvalue weighted by molar-refractivity contribution is 6.03. The van der Waals surface area contributed by atoms with Crippen molar-refractivity contribution in [3.8, 4) is 0 Å². The summed E-state index contributed by atoms with van der Waals surface area (Å²) in [6, 6.07) is 0. The van der Waals surface area contributed by atoms with Crippen LogP contribution in [0.1, 0.15) is 39.0 Å². The molecule has 0 bridgehead atoms. The van der Waals surface area contributed by atoms with E-state index in [1.165, 1.54) is 0 Å². The fourth-order valence-electron chi connectivity index (χ4n) is 1.84. The molecule has 0 heterocycles. The summed E-state index contributed by atoms with van der Waals surface area (Å²) in [5.41, 5.74) is -1.04. The summed E-state index contributed by atoms with van der Waals surface area (Å²) in [5.74, 6) is -1.02. The first-order valence-corrected chi connectivity index (χ1v) is 4.40. The second-order valence-electron chi connectivity index (χ2n) is 3.37. The zero-order valence-electron chi connectivity index (χ0n) is 7.30. The monoisotopic (exact) mass is 170 g/mol. The number of carbonyl (C=O) groups excluding carboxylic acids is 1. The first-order chi connectivity index (χ1) is 5.63. The molecular formula is C9H14O3. The smallest absolute Gasteiger partial charge is 0.317 e. The summed E-state index contributed by atoms with van der Waals surface area (Å²) < 4.78 is 0. The van der Waals surface area contributed by atoms with Crippen LogP contribution in [0.4, 0.5) is 0 Å². The van der Waals surface area contributed by atoms with Gasteiger partial charge in [-0.25, -0.2) is 0 Å². The van der Waals surface area contributed by atoms with Crippen LogP contribution in [-0.4, -0.2) is 16.9 Å². The minimum absolute atomic E-state index is 0.0799. The third-order valence-electron chi connectivity index (χ3n) is 2.80. The molecule has 1 saturated carbocycles. The molecule has 0 radical (unpaired) electrons. The Morgan fingerprint density at radius 2 is 2.25 bits per heavy atom. The Morgan fingerprint density at radius 1 is 1.58 bits per heavy atom. The van der Waals surface area contributed by atoms with E-state index < -0.39 is 11.4 Å². The maximum Gasteiger partial charge on any atom is 0.317 e. The van der Waals surface area contributed by atoms with E-state index in [1.807, 2.05) is 0 Å². The van der Waals surface area contributed by atoms with Gasteiger partial charge in [-0.05, 0) is 19.3 Å². The molecule has 1 aliphatic carbocycles. The van der Waals surface area contributed by atoms with Gasteiger partial charge in [-0.3, -0.25) is 9.59 Å². The van der Waals surface area contributed by atoms with Crippen LogP contribution in [0.25, 0.3) is 0 Å². The van der Waals surface area contributed by atoms with Crippen molar-refractivity contribution in [2.75, 3.05) is 0 Å². The summed E-state index contributed by atoms with van der Waals surface area (Å²) in [6.45, 7) is 1.78. The van der Waals surface area contributed by atoms with E-state index in [1.54, 1.807) is 6.92 Å². The Kier molecular flexibility index (Phi) is 2.50. The first-order valence-electron chi connectivity index (χ1n) is 4.40. The van der Waals surface area contributed by atoms with Crippen molar-refractivity contribution in [3.63, 3.8) is 0 Å². The highest BCUT2D eigenvalue weighted by Crippen LogP contribution is 2.36. The van der Waals surface area contributed by atoms with Crippen LogP contribution in [0.5, 0.6) is 0 Å². The van der Waals surface area contributed by atoms with Gasteiger partial charge in [0.1, 0.15) is 11.2 Å². The number of Topliss-reactive ketones (excluding diaryl/α,β-unsaturated/α-hetero) is 1. The average molecular weight is 170 g/mol. The van der Waals surface area contributed by atoms with E-state index in [-0.39, 0.29) is 5.78 Å². The SMILES string of the molecule is CCC1(C(=O)O)CCCCC1=O. The topological polar surface area (TPSA) is 54.4 Å². The maximum atomic E-state index is 11.4. The van der Waals surface area contributed by atoms with Gasteiger partial charge in [0.05, 0.1) is 0 Å². The van der Waals surface area contributed by atoms with Crippen molar-refractivity contribution in [2.45, 2.75) is 39.0 Å². The molecule has 1 unspecified atom stereocenters. The molecule has 3 heteroatoms. The van der Waals surface area contributed by atoms with Gasteiger partial charge in [-0.1, -0.05) is 13.3 Å². The molecule has 1 fully saturated rings. The third-order valence-corrected chi connectivity index (χ3v) is 2.80. The number of hydrogen-bond donors (Lipinski definition) is 1. The van der Waals surface area contributed by atoms with Crippen LogP contribution < -0.4 is 0 Å². The molecule has 68 valence electrons. The molecule has 1 atom stereocenters. The summed E-state index contributed by atoms with van der Waals surface area (Å²) in [5, 5.41) is 8.94. The van der Waals surface area contributed by atoms with E-state index in [0.29, 0.717) is 19.3 Å². The van der Waals surface area contributed by atoms with Gasteiger partial charge in [-0.2, -0.15) is 0 Å². The fraction of sp³-hybridized carbons (Fsp3) is 0.778. The Labute approximate surface area is 71.8 Å². The van der Waals surface area contributed by atoms with E-state index in [0.717, 1.165) is 12.8 Å². The number of hydrogen-bond acceptors (Lipinski definition) is 2. The van der Waals surface area contributed by atoms with Crippen molar-refractivity contribution in [2.24, 2.45) is 5.41 Å². The Balaban J connectivity index is 2.88. The summed E-state index contributed by atoms with van der Waals surface area (Å²) in [7, 11) is 0. The summed E-state index contributed by atoms with van der Waals surface area (Å²) in [6.07, 6.45) is 3.12. The highest BCUT2D eigenvalue weighted by Gasteiger charge is 2.44. The lowest BCUT2D eigenvalue weighted by molar-refractivity contribution is -0.157. The predicted molar refractivity (Wildman–Crippen MR) is 43.8 cm³/mol. The second kappa shape index (κ2) is 3.25. The largest absolute Gasteiger partial charge is 0.480 e. The number of carboxylic acid groups (broad SMARTS) is 1. The molecule has 12 heavy (non-hydrogen) atoms. The standard InChI is InChI=1S/C9H14O3/c1-2-9(8(11)12)6-4-3-5-7(9)10/h2-6H2,1H3,(H,11,12). The van der Waals surface area contributed by atoms with Crippen molar-refractivity contribution in [1.82, 2.24) is 0 Å². The number of aliphatic carboxylic acids is 1. The number of carboxylic acids is 1. The van der Waals surface area contributed by atoms with Gasteiger partial charge in [0.25, 0.3) is 0 Å². The van der Waals surface area contributed by atoms with Crippen LogP contribution >= 0.6 is 0 Å². The van der Waals surface area contributed by atoms with E-state index in [2.05, 4.69) is 0 Å². The first kappa shape index (κ1) is 9.23. The lowest BCUT2D eigenvalue weighted by Crippen LogP contribution is -2.40. The molecule has 0 amide bonds. The van der Waals surface area contributed by atoms with Crippen molar-refractivity contribution in [1.29, 1.82) is 0 Å². The van der Waals surface area contributed by atoms with Gasteiger partial charge >= 0.3 is 5.97 Å². The summed E-state index contributed by atoms with van der Waals surface area (Å²) >= 11 is 0. The molecule has 0 saturated heterocycles. The molecule has 0 aromatic heterocycles. The quantitative estimate of drug-likeness (QED) is 0.640. The average Bonchev–Trinajstić information content (AvgIpc) is 2.05. The zero-order chi connectivity index (χ0) is 9.19. The summed E-state index contributed by atoms with van der Waals surface area (Å²) in [4.78, 5) is 22.3. The number of rotatable bonds is 2. The fourth-order valence-corrected chi connectivity index (χ4v) is 1.84. The molecule has 1 N–H and O–H groups in total. The van der Waals surface area contributed by atoms with Crippen LogP contribution in [0.3, 0.4) is 0 Å². The van der Waals surface area contributed by atoms with Crippen LogP contribution in [-0.2, 0) is 9.59 Å². The molecule has 1 aliphatic rings. The second-order valence-corrected chi connectivity index (χ2v) is 3.37. The molecule has 0 spiro atoms. The lowest BCUT2D eigenvalue weighted by Gasteiger charge is -2.30. The Hall–Kier alpha value is -0.860. The molecule has 3 nitrogen and oxygen atoms in total. The Morgan fingerprint density at radius 3 is 2.58 bits per heavy atom. The van der Waals surface area contributed by atoms with Gasteiger partial charge in [0.15, 0.2) is 0 Å². The van der Waals surface area contributed by atoms with Crippen LogP contribution in [0.2, 0.25) is 0 Å². The van der Waals surface area contributed by atoms with Crippen molar-refractivity contribution in [3.05, 3.63) is 0 Å². The number of carbonyl (C=O) groups is 2. The van der Waals surface area contributed by atoms with Gasteiger partial charge < -0.3 is 5.11 Å². The van der Waals surface area contributed by atoms with Gasteiger partial charge in [0, 0.05) is 6.42 Å². The Bertz CT molecular complexity index is 210. The maximum absolute atomic E-state index is 11.4. The molecule has 0 aliphatic heterocycles. The zero-order valence-corrected chi connectivity index (χ0v) is 7.30. The molecule has 0 aromatic carbocycles. The van der Waals surface area contributed by atoms with Crippen molar-refractivity contribution < 1.29 is 14.7 Å². The van der Waals surface area contributed by atoms with Gasteiger partial charge in [-0.15, -0.1) is 0 Å². The van der Waals surface area contributed by atoms with Crippen LogP contribution in [0.15, 0.2) is 0 Å². The van der Waals surface area contributed by atoms with E-state index in [9.17, 15) is 9.59 Å². The third kappa shape index (κ3) is 1.24. The molecular weight excluding hydrogens is 156 g/mol. The van der Waals surface area contributed by atoms with E-state index in [4.69, 9.17) is 5.11 Å². The van der Waals surface area contributed by atoms with Crippen LogP contribution in [0, 0.1) is 5.41 Å². The highest BCUT2D eigenvalue weighted by atomic mass is 16.4. The van der Waals surface area contributed by atoms with E-state index >= 15 is 0 Å². The molecule has 1 rings (SSSR count). The minimum Gasteiger partial charge on any atom is -0.480 e. The minimum atomic E-state index is -1.04. The normalized spacial score (nSPS) is 30.2. The lowest BCUT2D eigenvalue weighted by atomic mass is 9.71.